The van der Waals surface area contributed by atoms with Crippen molar-refractivity contribution in [1.82, 2.24) is 4.31 Å². The summed E-state index contributed by atoms with van der Waals surface area (Å²) in [4.78, 5) is 11.7. The van der Waals surface area contributed by atoms with Gasteiger partial charge in [-0.15, -0.1) is 0 Å². The number of aliphatic hydroxyl groups excluding tert-OH is 1. The molecule has 9 heteroatoms. The number of aliphatic hydroxyl groups is 1. The molecule has 0 radical (unpaired) electrons. The number of benzene rings is 2. The molecule has 1 saturated heterocycles. The third-order valence-corrected chi connectivity index (χ3v) is 9.12. The maximum atomic E-state index is 15.0. The van der Waals surface area contributed by atoms with Gasteiger partial charge in [-0.3, -0.25) is 4.79 Å². The second-order valence-corrected chi connectivity index (χ2v) is 10.9. The Kier molecular flexibility index (Phi) is 5.85. The zero-order valence-electron chi connectivity index (χ0n) is 17.5. The zero-order valence-corrected chi connectivity index (χ0v) is 18.4. The molecule has 1 aliphatic heterocycles. The average molecular weight is 466 g/mol. The molecule has 2 aromatic rings. The number of rotatable bonds is 5. The molecule has 1 aliphatic carbocycles. The number of hydrogen-bond donors (Lipinski definition) is 2. The maximum Gasteiger partial charge on any atom is 0.314 e. The number of hydrogen-bond acceptors (Lipinski definition) is 4. The van der Waals surface area contributed by atoms with Gasteiger partial charge in [0, 0.05) is 23.7 Å². The number of nitrogens with zero attached hydrogens (tertiary/aromatic N) is 1. The van der Waals surface area contributed by atoms with Crippen molar-refractivity contribution < 1.29 is 32.2 Å². The molecule has 0 bridgehead atoms. The highest BCUT2D eigenvalue weighted by atomic mass is 32.2. The van der Waals surface area contributed by atoms with Crippen molar-refractivity contribution in [1.29, 1.82) is 0 Å². The van der Waals surface area contributed by atoms with E-state index in [2.05, 4.69) is 0 Å². The number of carbonyl (C=O) groups is 1. The Morgan fingerprint density at radius 1 is 1.12 bits per heavy atom. The second-order valence-electron chi connectivity index (χ2n) is 8.79. The Labute approximate surface area is 185 Å². The van der Waals surface area contributed by atoms with Crippen molar-refractivity contribution in [2.45, 2.75) is 62.0 Å². The van der Waals surface area contributed by atoms with Crippen molar-refractivity contribution in [2.75, 3.05) is 0 Å². The van der Waals surface area contributed by atoms with Crippen LogP contribution in [-0.4, -0.2) is 41.1 Å². The van der Waals surface area contributed by atoms with Gasteiger partial charge in [-0.1, -0.05) is 30.3 Å². The van der Waals surface area contributed by atoms with E-state index in [0.29, 0.717) is 18.4 Å². The Hall–Kier alpha value is -2.36. The van der Waals surface area contributed by atoms with E-state index >= 15 is 0 Å². The van der Waals surface area contributed by atoms with Crippen LogP contribution in [0.4, 0.5) is 8.78 Å². The Bertz CT molecular complexity index is 1130. The monoisotopic (exact) mass is 465 g/mol. The molecule has 0 aromatic heterocycles. The fourth-order valence-corrected chi connectivity index (χ4v) is 7.04. The van der Waals surface area contributed by atoms with Crippen molar-refractivity contribution in [2.24, 2.45) is 0 Å². The summed E-state index contributed by atoms with van der Waals surface area (Å²) in [5, 5.41) is 18.4. The van der Waals surface area contributed by atoms with Gasteiger partial charge in [-0.2, -0.15) is 4.31 Å². The Balaban J connectivity index is 1.66. The summed E-state index contributed by atoms with van der Waals surface area (Å²) < 4.78 is 57.8. The number of halogens is 2. The fourth-order valence-electron chi connectivity index (χ4n) is 4.85. The van der Waals surface area contributed by atoms with Crippen molar-refractivity contribution >= 4 is 16.0 Å². The molecule has 172 valence electrons. The molecule has 2 fully saturated rings. The van der Waals surface area contributed by atoms with E-state index in [1.807, 2.05) is 0 Å². The van der Waals surface area contributed by atoms with Gasteiger partial charge in [-0.05, 0) is 50.3 Å². The first-order valence-electron chi connectivity index (χ1n) is 10.5. The van der Waals surface area contributed by atoms with E-state index in [-0.39, 0.29) is 30.5 Å². The van der Waals surface area contributed by atoms with Gasteiger partial charge in [0.25, 0.3) is 0 Å². The lowest BCUT2D eigenvalue weighted by Gasteiger charge is -2.42. The lowest BCUT2D eigenvalue weighted by Crippen LogP contribution is -2.51. The molecule has 0 unspecified atom stereocenters. The van der Waals surface area contributed by atoms with E-state index in [4.69, 9.17) is 0 Å². The van der Waals surface area contributed by atoms with Crippen LogP contribution in [0.3, 0.4) is 0 Å². The molecule has 4 rings (SSSR count). The summed E-state index contributed by atoms with van der Waals surface area (Å²) in [5.41, 5.74) is -1.51. The first-order chi connectivity index (χ1) is 15.1. The standard InChI is InChI=1S/C23H25F2NO5S/c1-14-7-8-21(15-5-3-2-4-6-15)32(30,31)26(14)13-16-9-20(25)18(10-19(16)24)23(22(28)29)11-17(27)12-23/h2-6,9-10,14,17,21,27H,7-8,11-13H2,1H3,(H,28,29)/t14-,17?,21+,23?/m0/s1. The molecule has 6 nitrogen and oxygen atoms in total. The van der Waals surface area contributed by atoms with E-state index < -0.39 is 50.4 Å². The summed E-state index contributed by atoms with van der Waals surface area (Å²) in [6, 6.07) is 10.1. The first-order valence-corrected chi connectivity index (χ1v) is 12.0. The minimum absolute atomic E-state index is 0.157. The third-order valence-electron chi connectivity index (χ3n) is 6.75. The van der Waals surface area contributed by atoms with E-state index in [1.165, 1.54) is 4.31 Å². The molecule has 2 atom stereocenters. The van der Waals surface area contributed by atoms with Crippen molar-refractivity contribution in [3.05, 3.63) is 70.8 Å². The van der Waals surface area contributed by atoms with E-state index in [1.54, 1.807) is 37.3 Å². The summed E-state index contributed by atoms with van der Waals surface area (Å²) in [5.74, 6) is -3.11. The van der Waals surface area contributed by atoms with E-state index in [0.717, 1.165) is 12.1 Å². The van der Waals surface area contributed by atoms with Gasteiger partial charge < -0.3 is 10.2 Å². The molecule has 32 heavy (non-hydrogen) atoms. The maximum absolute atomic E-state index is 15.0. The van der Waals surface area contributed by atoms with Crippen LogP contribution >= 0.6 is 0 Å². The van der Waals surface area contributed by atoms with Crippen LogP contribution in [0.1, 0.15) is 54.5 Å². The number of sulfonamides is 1. The lowest BCUT2D eigenvalue weighted by atomic mass is 9.62. The largest absolute Gasteiger partial charge is 0.481 e. The topological polar surface area (TPSA) is 94.9 Å². The molecular formula is C23H25F2NO5S. The molecule has 2 N–H and O–H groups in total. The normalized spacial score (nSPS) is 29.9. The van der Waals surface area contributed by atoms with Crippen molar-refractivity contribution in [3.63, 3.8) is 0 Å². The predicted octanol–water partition coefficient (Wildman–Crippen LogP) is 3.50. The molecule has 1 heterocycles. The molecule has 0 spiro atoms. The van der Waals surface area contributed by atoms with Crippen molar-refractivity contribution in [3.8, 4) is 0 Å². The van der Waals surface area contributed by atoms with Gasteiger partial charge in [-0.25, -0.2) is 17.2 Å². The number of aliphatic carboxylic acids is 1. The van der Waals surface area contributed by atoms with Gasteiger partial charge in [0.1, 0.15) is 22.3 Å². The number of carboxylic acids is 1. The summed E-state index contributed by atoms with van der Waals surface area (Å²) in [7, 11) is -3.83. The van der Waals surface area contributed by atoms with Gasteiger partial charge in [0.05, 0.1) is 6.10 Å². The zero-order chi connectivity index (χ0) is 23.3. The first kappa shape index (κ1) is 22.8. The van der Waals surface area contributed by atoms with Crippen LogP contribution < -0.4 is 0 Å². The fraction of sp³-hybridized carbons (Fsp3) is 0.435. The average Bonchev–Trinajstić information content (AvgIpc) is 2.71. The highest BCUT2D eigenvalue weighted by molar-refractivity contribution is 7.89. The summed E-state index contributed by atoms with van der Waals surface area (Å²) >= 11 is 0. The van der Waals surface area contributed by atoms with Gasteiger partial charge in [0.15, 0.2) is 0 Å². The lowest BCUT2D eigenvalue weighted by molar-refractivity contribution is -0.153. The van der Waals surface area contributed by atoms with Crippen LogP contribution in [0.15, 0.2) is 42.5 Å². The minimum Gasteiger partial charge on any atom is -0.481 e. The molecule has 1 saturated carbocycles. The SMILES string of the molecule is C[C@H]1CC[C@H](c2ccccc2)S(=O)(=O)N1Cc1cc(F)c(C2(C(=O)O)CC(O)C2)cc1F. The summed E-state index contributed by atoms with van der Waals surface area (Å²) in [6.45, 7) is 1.38. The van der Waals surface area contributed by atoms with Gasteiger partial charge >= 0.3 is 5.97 Å². The Morgan fingerprint density at radius 2 is 1.78 bits per heavy atom. The van der Waals surface area contributed by atoms with Gasteiger partial charge in [0.2, 0.25) is 10.0 Å². The smallest absolute Gasteiger partial charge is 0.314 e. The molecular weight excluding hydrogens is 440 g/mol. The highest BCUT2D eigenvalue weighted by Gasteiger charge is 2.53. The van der Waals surface area contributed by atoms with Crippen LogP contribution in [0, 0.1) is 11.6 Å². The molecule has 2 aliphatic rings. The van der Waals surface area contributed by atoms with Crippen LogP contribution in [-0.2, 0) is 26.8 Å². The second kappa shape index (κ2) is 8.20. The third kappa shape index (κ3) is 3.72. The van der Waals surface area contributed by atoms with E-state index in [9.17, 15) is 32.2 Å². The Morgan fingerprint density at radius 3 is 2.38 bits per heavy atom. The molecule has 0 amide bonds. The van der Waals surface area contributed by atoms with Crippen LogP contribution in [0.5, 0.6) is 0 Å². The molecule has 2 aromatic carbocycles. The minimum atomic E-state index is -3.83. The quantitative estimate of drug-likeness (QED) is 0.705. The number of carboxylic acid groups (broad SMARTS) is 1. The highest BCUT2D eigenvalue weighted by Crippen LogP contribution is 2.46. The van der Waals surface area contributed by atoms with Crippen LogP contribution in [0.25, 0.3) is 0 Å². The van der Waals surface area contributed by atoms with Crippen LogP contribution in [0.2, 0.25) is 0 Å². The predicted molar refractivity (Wildman–Crippen MR) is 113 cm³/mol. The summed E-state index contributed by atoms with van der Waals surface area (Å²) in [6.07, 6.45) is -0.282.